The molecule has 0 aliphatic rings. The molecule has 1 rings (SSSR count). The van der Waals surface area contributed by atoms with Gasteiger partial charge in [-0.05, 0) is 28.8 Å². The van der Waals surface area contributed by atoms with Crippen LogP contribution < -0.4 is 0 Å². The van der Waals surface area contributed by atoms with Crippen LogP contribution >= 0.6 is 27.3 Å². The van der Waals surface area contributed by atoms with E-state index in [1.54, 1.807) is 5.51 Å². The van der Waals surface area contributed by atoms with Crippen molar-refractivity contribution in [2.24, 2.45) is 5.92 Å². The first kappa shape index (κ1) is 11.1. The van der Waals surface area contributed by atoms with E-state index < -0.39 is 5.60 Å². The number of halogens is 1. The van der Waals surface area contributed by atoms with Crippen LogP contribution in [0.15, 0.2) is 10.1 Å². The monoisotopic (exact) mass is 263 g/mol. The summed E-state index contributed by atoms with van der Waals surface area (Å²) in [7, 11) is 0. The summed E-state index contributed by atoms with van der Waals surface area (Å²) in [6.45, 7) is 5.97. The Kier molecular flexibility index (Phi) is 3.49. The molecule has 1 aromatic heterocycles. The predicted octanol–water partition coefficient (Wildman–Crippen LogP) is 3.16. The molecule has 0 radical (unpaired) electrons. The Balaban J connectivity index is 2.99. The summed E-state index contributed by atoms with van der Waals surface area (Å²) in [5.41, 5.74) is 0.977. The van der Waals surface area contributed by atoms with Crippen LogP contribution in [0.5, 0.6) is 0 Å². The summed E-state index contributed by atoms with van der Waals surface area (Å²) < 4.78 is 0.766. The smallest absolute Gasteiger partial charge is 0.123 e. The number of aliphatic hydroxyl groups is 1. The van der Waals surface area contributed by atoms with Gasteiger partial charge >= 0.3 is 0 Å². The molecule has 0 saturated carbocycles. The molecule has 0 fully saturated rings. The average molecular weight is 264 g/mol. The predicted molar refractivity (Wildman–Crippen MR) is 58.8 cm³/mol. The third-order valence-electron chi connectivity index (χ3n) is 2.56. The lowest BCUT2D eigenvalue weighted by Crippen LogP contribution is -2.28. The second-order valence-electron chi connectivity index (χ2n) is 3.43. The largest absolute Gasteiger partial charge is 0.384 e. The molecular weight excluding hydrogens is 250 g/mol. The zero-order chi connectivity index (χ0) is 10.1. The van der Waals surface area contributed by atoms with Gasteiger partial charge in [0.2, 0.25) is 0 Å². The lowest BCUT2D eigenvalue weighted by atomic mass is 9.88. The van der Waals surface area contributed by atoms with Crippen LogP contribution in [0.3, 0.4) is 0 Å². The number of hydrogen-bond acceptors (Lipinski definition) is 3. The Bertz CT molecular complexity index is 285. The summed E-state index contributed by atoms with van der Waals surface area (Å²) in [6.07, 6.45) is 0.956. The molecule has 0 aliphatic heterocycles. The molecule has 0 amide bonds. The summed E-state index contributed by atoms with van der Waals surface area (Å²) in [4.78, 5) is 4.99. The Morgan fingerprint density at radius 1 is 1.77 bits per heavy atom. The van der Waals surface area contributed by atoms with Gasteiger partial charge in [0.25, 0.3) is 0 Å². The van der Waals surface area contributed by atoms with Crippen LogP contribution in [0.2, 0.25) is 0 Å². The summed E-state index contributed by atoms with van der Waals surface area (Å²) in [5.74, 6) is 0.240. The molecule has 0 spiro atoms. The van der Waals surface area contributed by atoms with E-state index in [4.69, 9.17) is 0 Å². The van der Waals surface area contributed by atoms with Gasteiger partial charge in [0.05, 0.1) is 10.4 Å². The topological polar surface area (TPSA) is 33.1 Å². The molecule has 0 aliphatic carbocycles. The normalized spacial score (nSPS) is 18.2. The van der Waals surface area contributed by atoms with E-state index in [0.29, 0.717) is 0 Å². The van der Waals surface area contributed by atoms with E-state index in [2.05, 4.69) is 27.8 Å². The van der Waals surface area contributed by atoms with Crippen molar-refractivity contribution in [3.05, 3.63) is 15.0 Å². The number of thiazole rings is 1. The average Bonchev–Trinajstić information content (AvgIpc) is 2.50. The summed E-state index contributed by atoms with van der Waals surface area (Å²) in [6, 6.07) is 0. The van der Waals surface area contributed by atoms with Crippen molar-refractivity contribution in [3.63, 3.8) is 0 Å². The maximum atomic E-state index is 10.3. The SMILES string of the molecule is CCC(C)C(C)(O)c1scnc1Br. The second kappa shape index (κ2) is 4.07. The van der Waals surface area contributed by atoms with Crippen molar-refractivity contribution in [3.8, 4) is 0 Å². The molecule has 4 heteroatoms. The standard InChI is InChI=1S/C9H14BrNOS/c1-4-6(2)9(3,12)7-8(10)11-5-13-7/h5-6,12H,4H2,1-3H3. The van der Waals surface area contributed by atoms with Gasteiger partial charge in [-0.15, -0.1) is 11.3 Å². The number of nitrogens with zero attached hydrogens (tertiary/aromatic N) is 1. The third-order valence-corrected chi connectivity index (χ3v) is 4.47. The molecule has 2 nitrogen and oxygen atoms in total. The molecule has 0 saturated heterocycles. The first-order valence-corrected chi connectivity index (χ1v) is 5.99. The fraction of sp³-hybridized carbons (Fsp3) is 0.667. The molecule has 2 atom stereocenters. The van der Waals surface area contributed by atoms with Crippen molar-refractivity contribution < 1.29 is 5.11 Å². The van der Waals surface area contributed by atoms with Crippen molar-refractivity contribution in [2.75, 3.05) is 0 Å². The molecule has 1 heterocycles. The second-order valence-corrected chi connectivity index (χ2v) is 5.04. The van der Waals surface area contributed by atoms with Gasteiger partial charge in [0, 0.05) is 0 Å². The zero-order valence-corrected chi connectivity index (χ0v) is 10.4. The van der Waals surface area contributed by atoms with Gasteiger partial charge < -0.3 is 5.11 Å². The molecule has 1 N–H and O–H groups in total. The van der Waals surface area contributed by atoms with Crippen molar-refractivity contribution in [1.29, 1.82) is 0 Å². The first-order valence-electron chi connectivity index (χ1n) is 4.32. The highest BCUT2D eigenvalue weighted by Gasteiger charge is 2.32. The summed E-state index contributed by atoms with van der Waals surface area (Å²) in [5, 5.41) is 10.3. The van der Waals surface area contributed by atoms with Gasteiger partial charge in [-0.1, -0.05) is 20.3 Å². The number of aromatic nitrogens is 1. The van der Waals surface area contributed by atoms with Crippen molar-refractivity contribution >= 4 is 27.3 Å². The van der Waals surface area contributed by atoms with Gasteiger partial charge in [-0.25, -0.2) is 4.98 Å². The number of hydrogen-bond donors (Lipinski definition) is 1. The van der Waals surface area contributed by atoms with Crippen LogP contribution in [0.25, 0.3) is 0 Å². The van der Waals surface area contributed by atoms with E-state index in [-0.39, 0.29) is 5.92 Å². The van der Waals surface area contributed by atoms with E-state index in [1.165, 1.54) is 11.3 Å². The molecular formula is C9H14BrNOS. The minimum absolute atomic E-state index is 0.240. The van der Waals surface area contributed by atoms with Crippen molar-refractivity contribution in [2.45, 2.75) is 32.8 Å². The van der Waals surface area contributed by atoms with Crippen molar-refractivity contribution in [1.82, 2.24) is 4.98 Å². The van der Waals surface area contributed by atoms with Crippen LogP contribution in [0.4, 0.5) is 0 Å². The molecule has 1 aromatic rings. The van der Waals surface area contributed by atoms with Crippen LogP contribution in [0.1, 0.15) is 32.1 Å². The zero-order valence-electron chi connectivity index (χ0n) is 8.04. The molecule has 0 bridgehead atoms. The minimum Gasteiger partial charge on any atom is -0.384 e. The van der Waals surface area contributed by atoms with E-state index >= 15 is 0 Å². The maximum Gasteiger partial charge on any atom is 0.123 e. The third kappa shape index (κ3) is 2.11. The Morgan fingerprint density at radius 3 is 2.77 bits per heavy atom. The van der Waals surface area contributed by atoms with Crippen LogP contribution in [0, 0.1) is 5.92 Å². The number of rotatable bonds is 3. The fourth-order valence-corrected chi connectivity index (χ4v) is 2.95. The van der Waals surface area contributed by atoms with E-state index in [9.17, 15) is 5.11 Å². The fourth-order valence-electron chi connectivity index (χ4n) is 1.18. The van der Waals surface area contributed by atoms with E-state index in [1.807, 2.05) is 13.8 Å². The minimum atomic E-state index is -0.769. The highest BCUT2D eigenvalue weighted by Crippen LogP contribution is 2.37. The van der Waals surface area contributed by atoms with Crippen LogP contribution in [-0.2, 0) is 5.60 Å². The lowest BCUT2D eigenvalue weighted by molar-refractivity contribution is 0.00268. The maximum absolute atomic E-state index is 10.3. The van der Waals surface area contributed by atoms with E-state index in [0.717, 1.165) is 15.9 Å². The lowest BCUT2D eigenvalue weighted by Gasteiger charge is -2.28. The molecule has 74 valence electrons. The van der Waals surface area contributed by atoms with Gasteiger partial charge in [0.1, 0.15) is 10.2 Å². The van der Waals surface area contributed by atoms with Gasteiger partial charge in [-0.2, -0.15) is 0 Å². The summed E-state index contributed by atoms with van der Waals surface area (Å²) >= 11 is 4.83. The Hall–Kier alpha value is 0.0700. The Labute approximate surface area is 91.1 Å². The first-order chi connectivity index (χ1) is 6.00. The Morgan fingerprint density at radius 2 is 2.38 bits per heavy atom. The highest BCUT2D eigenvalue weighted by atomic mass is 79.9. The molecule has 13 heavy (non-hydrogen) atoms. The molecule has 2 unspecified atom stereocenters. The van der Waals surface area contributed by atoms with Gasteiger partial charge in [0.15, 0.2) is 0 Å². The quantitative estimate of drug-likeness (QED) is 0.909. The molecule has 0 aromatic carbocycles. The highest BCUT2D eigenvalue weighted by molar-refractivity contribution is 9.10. The van der Waals surface area contributed by atoms with Crippen LogP contribution in [-0.4, -0.2) is 10.1 Å². The van der Waals surface area contributed by atoms with Gasteiger partial charge in [-0.3, -0.25) is 0 Å².